The van der Waals surface area contributed by atoms with Gasteiger partial charge in [0.25, 0.3) is 0 Å². The molecule has 1 aromatic carbocycles. The lowest BCUT2D eigenvalue weighted by Gasteiger charge is -2.13. The lowest BCUT2D eigenvalue weighted by Crippen LogP contribution is -2.29. The average molecular weight is 333 g/mol. The first-order valence-corrected chi connectivity index (χ1v) is 9.60. The van der Waals surface area contributed by atoms with Crippen molar-refractivity contribution in [3.8, 4) is 5.75 Å². The minimum absolute atomic E-state index is 0.142. The zero-order valence-electron chi connectivity index (χ0n) is 12.6. The molecule has 1 unspecified atom stereocenters. The molecule has 0 aliphatic carbocycles. The van der Waals surface area contributed by atoms with Gasteiger partial charge in [-0.1, -0.05) is 13.8 Å². The van der Waals surface area contributed by atoms with Crippen molar-refractivity contribution in [3.05, 3.63) is 23.8 Å². The number of nitrogens with one attached hydrogen (secondary N) is 1. The van der Waals surface area contributed by atoms with Crippen LogP contribution in [0.2, 0.25) is 0 Å². The van der Waals surface area contributed by atoms with Gasteiger partial charge in [0.05, 0.1) is 18.1 Å². The SMILES string of the molecule is CCCOc1ccc(S(=O)(=O)NCC(C)SC)cc1CO. The predicted octanol–water partition coefficient (Wildman–Crippen LogP) is 2.00. The first kappa shape index (κ1) is 18.3. The molecule has 1 atom stereocenters. The summed E-state index contributed by atoms with van der Waals surface area (Å²) in [6.07, 6.45) is 2.78. The Morgan fingerprint density at radius 2 is 2.14 bits per heavy atom. The van der Waals surface area contributed by atoms with E-state index in [4.69, 9.17) is 4.74 Å². The van der Waals surface area contributed by atoms with Crippen molar-refractivity contribution in [2.45, 2.75) is 37.0 Å². The molecule has 0 heterocycles. The fourth-order valence-electron chi connectivity index (χ4n) is 1.59. The second-order valence-electron chi connectivity index (χ2n) is 4.67. The zero-order chi connectivity index (χ0) is 15.9. The topological polar surface area (TPSA) is 75.6 Å². The average Bonchev–Trinajstić information content (AvgIpc) is 2.50. The van der Waals surface area contributed by atoms with Crippen molar-refractivity contribution >= 4 is 21.8 Å². The number of hydrogen-bond donors (Lipinski definition) is 2. The summed E-state index contributed by atoms with van der Waals surface area (Å²) in [7, 11) is -3.57. The second-order valence-corrected chi connectivity index (χ2v) is 7.72. The molecule has 120 valence electrons. The summed E-state index contributed by atoms with van der Waals surface area (Å²) in [5.41, 5.74) is 0.476. The first-order chi connectivity index (χ1) is 9.94. The predicted molar refractivity (Wildman–Crippen MR) is 86.3 cm³/mol. The van der Waals surface area contributed by atoms with E-state index in [2.05, 4.69) is 4.72 Å². The molecule has 0 amide bonds. The van der Waals surface area contributed by atoms with Crippen molar-refractivity contribution < 1.29 is 18.3 Å². The molecular formula is C14H23NO4S2. The van der Waals surface area contributed by atoms with Gasteiger partial charge >= 0.3 is 0 Å². The molecule has 0 radical (unpaired) electrons. The molecule has 5 nitrogen and oxygen atoms in total. The van der Waals surface area contributed by atoms with E-state index in [1.54, 1.807) is 17.8 Å². The first-order valence-electron chi connectivity index (χ1n) is 6.83. The third-order valence-electron chi connectivity index (χ3n) is 2.94. The molecule has 0 fully saturated rings. The number of thioether (sulfide) groups is 1. The van der Waals surface area contributed by atoms with Crippen LogP contribution in [0.15, 0.2) is 23.1 Å². The summed E-state index contributed by atoms with van der Waals surface area (Å²) >= 11 is 1.59. The van der Waals surface area contributed by atoms with Crippen LogP contribution < -0.4 is 9.46 Å². The van der Waals surface area contributed by atoms with Crippen molar-refractivity contribution in [3.63, 3.8) is 0 Å². The van der Waals surface area contributed by atoms with Crippen LogP contribution in [0.5, 0.6) is 5.75 Å². The summed E-state index contributed by atoms with van der Waals surface area (Å²) in [6.45, 7) is 4.57. The van der Waals surface area contributed by atoms with Crippen LogP contribution in [0.4, 0.5) is 0 Å². The highest BCUT2D eigenvalue weighted by Crippen LogP contribution is 2.23. The highest BCUT2D eigenvalue weighted by Gasteiger charge is 2.17. The van der Waals surface area contributed by atoms with E-state index >= 15 is 0 Å². The number of benzene rings is 1. The minimum Gasteiger partial charge on any atom is -0.493 e. The van der Waals surface area contributed by atoms with E-state index in [9.17, 15) is 13.5 Å². The maximum atomic E-state index is 12.2. The number of aliphatic hydroxyl groups excluding tert-OH is 1. The van der Waals surface area contributed by atoms with Crippen LogP contribution >= 0.6 is 11.8 Å². The normalized spacial score (nSPS) is 13.1. The molecular weight excluding hydrogens is 310 g/mol. The van der Waals surface area contributed by atoms with E-state index in [0.717, 1.165) is 6.42 Å². The third-order valence-corrected chi connectivity index (χ3v) is 5.33. The van der Waals surface area contributed by atoms with E-state index in [1.165, 1.54) is 12.1 Å². The summed E-state index contributed by atoms with van der Waals surface area (Å²) < 4.78 is 32.5. The van der Waals surface area contributed by atoms with E-state index in [-0.39, 0.29) is 16.8 Å². The summed E-state index contributed by atoms with van der Waals surface area (Å²) in [6, 6.07) is 4.54. The second kappa shape index (κ2) is 8.63. The van der Waals surface area contributed by atoms with Crippen molar-refractivity contribution in [1.82, 2.24) is 4.72 Å². The van der Waals surface area contributed by atoms with Gasteiger partial charge in [0.2, 0.25) is 10.0 Å². The largest absolute Gasteiger partial charge is 0.493 e. The van der Waals surface area contributed by atoms with Crippen LogP contribution in [0.25, 0.3) is 0 Å². The van der Waals surface area contributed by atoms with E-state index in [0.29, 0.717) is 24.5 Å². The Kier molecular flexibility index (Phi) is 7.51. The number of hydrogen-bond acceptors (Lipinski definition) is 5. The molecule has 0 saturated carbocycles. The van der Waals surface area contributed by atoms with Crippen molar-refractivity contribution in [2.24, 2.45) is 0 Å². The Morgan fingerprint density at radius 3 is 2.71 bits per heavy atom. The van der Waals surface area contributed by atoms with Gasteiger partial charge in [0.1, 0.15) is 5.75 Å². The standard InChI is InChI=1S/C14H23NO4S2/c1-4-7-19-14-6-5-13(8-12(14)10-16)21(17,18)15-9-11(2)20-3/h5-6,8,11,15-16H,4,7,9-10H2,1-3H3. The number of sulfonamides is 1. The summed E-state index contributed by atoms with van der Waals surface area (Å²) in [4.78, 5) is 0.142. The highest BCUT2D eigenvalue weighted by atomic mass is 32.2. The molecule has 2 N–H and O–H groups in total. The molecule has 0 aliphatic rings. The van der Waals surface area contributed by atoms with Gasteiger partial charge in [-0.2, -0.15) is 11.8 Å². The summed E-state index contributed by atoms with van der Waals surface area (Å²) in [5.74, 6) is 0.524. The van der Waals surface area contributed by atoms with Gasteiger partial charge in [-0.15, -0.1) is 0 Å². The van der Waals surface area contributed by atoms with Crippen LogP contribution in [-0.2, 0) is 16.6 Å². The Morgan fingerprint density at radius 1 is 1.43 bits per heavy atom. The molecule has 0 bridgehead atoms. The number of rotatable bonds is 9. The lowest BCUT2D eigenvalue weighted by molar-refractivity contribution is 0.262. The molecule has 0 aromatic heterocycles. The number of ether oxygens (including phenoxy) is 1. The lowest BCUT2D eigenvalue weighted by atomic mass is 10.2. The Hall–Kier alpha value is -0.760. The molecule has 1 rings (SSSR count). The van der Waals surface area contributed by atoms with Gasteiger partial charge in [0.15, 0.2) is 0 Å². The molecule has 0 aliphatic heterocycles. The van der Waals surface area contributed by atoms with Gasteiger partial charge in [-0.25, -0.2) is 13.1 Å². The van der Waals surface area contributed by atoms with E-state index < -0.39 is 10.0 Å². The fourth-order valence-corrected chi connectivity index (χ4v) is 3.13. The Labute approximate surface area is 131 Å². The van der Waals surface area contributed by atoms with Crippen LogP contribution in [0, 0.1) is 0 Å². The monoisotopic (exact) mass is 333 g/mol. The molecule has 7 heteroatoms. The van der Waals surface area contributed by atoms with Gasteiger partial charge in [-0.05, 0) is 30.9 Å². The summed E-state index contributed by atoms with van der Waals surface area (Å²) in [5, 5.41) is 9.56. The molecule has 0 saturated heterocycles. The Bertz CT molecular complexity index is 546. The van der Waals surface area contributed by atoms with Crippen molar-refractivity contribution in [1.29, 1.82) is 0 Å². The molecule has 0 spiro atoms. The van der Waals surface area contributed by atoms with Gasteiger partial charge in [0, 0.05) is 17.4 Å². The van der Waals surface area contributed by atoms with Crippen molar-refractivity contribution in [2.75, 3.05) is 19.4 Å². The molecule has 1 aromatic rings. The molecule has 21 heavy (non-hydrogen) atoms. The quantitative estimate of drug-likeness (QED) is 0.723. The Balaban J connectivity index is 2.92. The number of aliphatic hydroxyl groups is 1. The van der Waals surface area contributed by atoms with Gasteiger partial charge in [-0.3, -0.25) is 0 Å². The third kappa shape index (κ3) is 5.50. The van der Waals surface area contributed by atoms with Crippen LogP contribution in [0.1, 0.15) is 25.8 Å². The van der Waals surface area contributed by atoms with Crippen LogP contribution in [0.3, 0.4) is 0 Å². The zero-order valence-corrected chi connectivity index (χ0v) is 14.3. The van der Waals surface area contributed by atoms with Crippen LogP contribution in [-0.4, -0.2) is 38.2 Å². The fraction of sp³-hybridized carbons (Fsp3) is 0.571. The maximum Gasteiger partial charge on any atom is 0.240 e. The maximum absolute atomic E-state index is 12.2. The van der Waals surface area contributed by atoms with Gasteiger partial charge < -0.3 is 9.84 Å². The smallest absolute Gasteiger partial charge is 0.240 e. The highest BCUT2D eigenvalue weighted by molar-refractivity contribution is 7.99. The minimum atomic E-state index is -3.57. The van der Waals surface area contributed by atoms with E-state index in [1.807, 2.05) is 20.1 Å².